The van der Waals surface area contributed by atoms with Gasteiger partial charge in [-0.1, -0.05) is 17.7 Å². The number of piperidine rings is 1. The Labute approximate surface area is 164 Å². The molecule has 1 fully saturated rings. The number of rotatable bonds is 4. The van der Waals surface area contributed by atoms with Gasteiger partial charge in [-0.15, -0.1) is 11.3 Å². The average molecular weight is 408 g/mol. The van der Waals surface area contributed by atoms with E-state index in [4.69, 9.17) is 0 Å². The van der Waals surface area contributed by atoms with Crippen molar-refractivity contribution in [3.8, 4) is 0 Å². The normalized spacial score (nSPS) is 16.4. The van der Waals surface area contributed by atoms with Gasteiger partial charge in [-0.05, 0) is 51.7 Å². The lowest BCUT2D eigenvalue weighted by molar-refractivity contribution is -0.120. The van der Waals surface area contributed by atoms with Crippen LogP contribution in [-0.2, 0) is 14.8 Å². The Hall–Kier alpha value is -1.77. The van der Waals surface area contributed by atoms with Gasteiger partial charge in [0.05, 0.1) is 4.90 Å². The zero-order chi connectivity index (χ0) is 19.8. The number of nitrogens with zero attached hydrogens (tertiary/aromatic N) is 2. The number of nitrogens with one attached hydrogen (secondary N) is 1. The number of amides is 1. The number of thiazole rings is 1. The predicted octanol–water partition coefficient (Wildman–Crippen LogP) is 3.42. The molecule has 1 aliphatic rings. The maximum Gasteiger partial charge on any atom is 0.243 e. The third-order valence-electron chi connectivity index (χ3n) is 4.88. The van der Waals surface area contributed by atoms with Crippen LogP contribution in [-0.4, -0.2) is 36.7 Å². The van der Waals surface area contributed by atoms with Crippen LogP contribution in [0.15, 0.2) is 23.2 Å². The summed E-state index contributed by atoms with van der Waals surface area (Å²) in [6.07, 6.45) is 2.75. The summed E-state index contributed by atoms with van der Waals surface area (Å²) < 4.78 is 27.8. The van der Waals surface area contributed by atoms with Gasteiger partial charge < -0.3 is 5.32 Å². The van der Waals surface area contributed by atoms with Crippen molar-refractivity contribution in [1.29, 1.82) is 0 Å². The molecule has 1 aromatic heterocycles. The van der Waals surface area contributed by atoms with E-state index in [1.807, 2.05) is 39.8 Å². The summed E-state index contributed by atoms with van der Waals surface area (Å²) in [4.78, 5) is 18.0. The second-order valence-electron chi connectivity index (χ2n) is 7.17. The number of benzene rings is 1. The molecule has 0 atom stereocenters. The summed E-state index contributed by atoms with van der Waals surface area (Å²) in [6, 6.07) is 3.80. The van der Waals surface area contributed by atoms with E-state index in [1.165, 1.54) is 15.6 Å². The van der Waals surface area contributed by atoms with Gasteiger partial charge in [0.15, 0.2) is 5.13 Å². The largest absolute Gasteiger partial charge is 0.302 e. The summed E-state index contributed by atoms with van der Waals surface area (Å²) in [6.45, 7) is 8.27. The Morgan fingerprint density at radius 3 is 2.26 bits per heavy atom. The molecule has 1 saturated heterocycles. The Kier molecular flexibility index (Phi) is 5.69. The topological polar surface area (TPSA) is 79.4 Å². The summed E-state index contributed by atoms with van der Waals surface area (Å²) in [7, 11) is -3.55. The van der Waals surface area contributed by atoms with Gasteiger partial charge in [0.1, 0.15) is 0 Å². The van der Waals surface area contributed by atoms with E-state index in [-0.39, 0.29) is 11.8 Å². The molecule has 146 valence electrons. The fourth-order valence-electron chi connectivity index (χ4n) is 3.68. The first-order valence-corrected chi connectivity index (χ1v) is 11.3. The van der Waals surface area contributed by atoms with Gasteiger partial charge in [0.2, 0.25) is 15.9 Å². The molecule has 2 heterocycles. The SMILES string of the molecule is Cc1cc(C)c(S(=O)(=O)N2CCC(C(=O)Nc3ncc(C)s3)CC2)c(C)c1. The minimum atomic E-state index is -3.55. The molecule has 2 aromatic rings. The van der Waals surface area contributed by atoms with Crippen LogP contribution < -0.4 is 5.32 Å². The quantitative estimate of drug-likeness (QED) is 0.842. The van der Waals surface area contributed by atoms with Crippen molar-refractivity contribution in [2.45, 2.75) is 45.4 Å². The first-order chi connectivity index (χ1) is 12.7. The van der Waals surface area contributed by atoms with Crippen LogP contribution in [0.25, 0.3) is 0 Å². The lowest BCUT2D eigenvalue weighted by Crippen LogP contribution is -2.41. The molecule has 1 aliphatic heterocycles. The predicted molar refractivity (Wildman–Crippen MR) is 108 cm³/mol. The van der Waals surface area contributed by atoms with Crippen LogP contribution >= 0.6 is 11.3 Å². The van der Waals surface area contributed by atoms with Gasteiger partial charge in [0, 0.05) is 30.1 Å². The van der Waals surface area contributed by atoms with Gasteiger partial charge in [-0.3, -0.25) is 4.79 Å². The molecular formula is C19H25N3O3S2. The van der Waals surface area contributed by atoms with Crippen LogP contribution in [0.2, 0.25) is 0 Å². The van der Waals surface area contributed by atoms with Crippen molar-refractivity contribution in [3.63, 3.8) is 0 Å². The number of sulfonamides is 1. The van der Waals surface area contributed by atoms with Gasteiger partial charge in [0.25, 0.3) is 0 Å². The molecule has 0 saturated carbocycles. The van der Waals surface area contributed by atoms with Crippen molar-refractivity contribution in [1.82, 2.24) is 9.29 Å². The molecule has 1 amide bonds. The first-order valence-electron chi connectivity index (χ1n) is 9.00. The number of aryl methyl sites for hydroxylation is 4. The Morgan fingerprint density at radius 1 is 1.15 bits per heavy atom. The fourth-order valence-corrected chi connectivity index (χ4v) is 6.23. The van der Waals surface area contributed by atoms with E-state index in [2.05, 4.69) is 10.3 Å². The highest BCUT2D eigenvalue weighted by Gasteiger charge is 2.33. The summed E-state index contributed by atoms with van der Waals surface area (Å²) in [5, 5.41) is 3.44. The second kappa shape index (κ2) is 7.69. The summed E-state index contributed by atoms with van der Waals surface area (Å²) in [5.74, 6) is -0.273. The molecular weight excluding hydrogens is 382 g/mol. The molecule has 1 aromatic carbocycles. The number of hydrogen-bond donors (Lipinski definition) is 1. The fraction of sp³-hybridized carbons (Fsp3) is 0.474. The molecule has 27 heavy (non-hydrogen) atoms. The number of anilines is 1. The first kappa shape index (κ1) is 20.0. The Morgan fingerprint density at radius 2 is 1.74 bits per heavy atom. The van der Waals surface area contributed by atoms with Gasteiger partial charge in [-0.25, -0.2) is 13.4 Å². The van der Waals surface area contributed by atoms with E-state index >= 15 is 0 Å². The smallest absolute Gasteiger partial charge is 0.243 e. The number of aromatic nitrogens is 1. The van der Waals surface area contributed by atoms with Crippen molar-refractivity contribution in [2.75, 3.05) is 18.4 Å². The minimum Gasteiger partial charge on any atom is -0.302 e. The molecule has 6 nitrogen and oxygen atoms in total. The van der Waals surface area contributed by atoms with Crippen LogP contribution in [0, 0.1) is 33.6 Å². The van der Waals surface area contributed by atoms with Crippen molar-refractivity contribution in [3.05, 3.63) is 39.9 Å². The van der Waals surface area contributed by atoms with Crippen LogP contribution in [0.4, 0.5) is 5.13 Å². The number of carbonyl (C=O) groups is 1. The van der Waals surface area contributed by atoms with E-state index in [0.717, 1.165) is 21.6 Å². The molecule has 3 rings (SSSR count). The molecule has 0 radical (unpaired) electrons. The Balaban J connectivity index is 1.69. The van der Waals surface area contributed by atoms with Crippen molar-refractivity contribution < 1.29 is 13.2 Å². The van der Waals surface area contributed by atoms with E-state index in [9.17, 15) is 13.2 Å². The molecule has 1 N–H and O–H groups in total. The maximum absolute atomic E-state index is 13.1. The average Bonchev–Trinajstić information content (AvgIpc) is 2.98. The zero-order valence-electron chi connectivity index (χ0n) is 16.1. The molecule has 0 unspecified atom stereocenters. The third kappa shape index (κ3) is 4.23. The van der Waals surface area contributed by atoms with E-state index in [1.54, 1.807) is 6.20 Å². The molecule has 8 heteroatoms. The lowest BCUT2D eigenvalue weighted by Gasteiger charge is -2.31. The van der Waals surface area contributed by atoms with Crippen molar-refractivity contribution in [2.24, 2.45) is 5.92 Å². The highest BCUT2D eigenvalue weighted by Crippen LogP contribution is 2.29. The maximum atomic E-state index is 13.1. The van der Waals surface area contributed by atoms with E-state index in [0.29, 0.717) is 36.0 Å². The zero-order valence-corrected chi connectivity index (χ0v) is 17.7. The van der Waals surface area contributed by atoms with Gasteiger partial charge in [-0.2, -0.15) is 4.31 Å². The van der Waals surface area contributed by atoms with E-state index < -0.39 is 10.0 Å². The standard InChI is InChI=1S/C19H25N3O3S2/c1-12-9-13(2)17(14(3)10-12)27(24,25)22-7-5-16(6-8-22)18(23)21-19-20-11-15(4)26-19/h9-11,16H,5-8H2,1-4H3,(H,20,21,23). The second-order valence-corrected chi connectivity index (χ2v) is 10.3. The highest BCUT2D eigenvalue weighted by molar-refractivity contribution is 7.89. The van der Waals surface area contributed by atoms with Gasteiger partial charge >= 0.3 is 0 Å². The summed E-state index contributed by atoms with van der Waals surface area (Å²) >= 11 is 1.44. The number of hydrogen-bond acceptors (Lipinski definition) is 5. The van der Waals surface area contributed by atoms with Crippen molar-refractivity contribution >= 4 is 32.4 Å². The Bertz CT molecular complexity index is 935. The lowest BCUT2D eigenvalue weighted by atomic mass is 9.97. The summed E-state index contributed by atoms with van der Waals surface area (Å²) in [5.41, 5.74) is 2.59. The monoisotopic (exact) mass is 407 g/mol. The highest BCUT2D eigenvalue weighted by atomic mass is 32.2. The third-order valence-corrected chi connectivity index (χ3v) is 7.91. The molecule has 0 bridgehead atoms. The number of carbonyl (C=O) groups excluding carboxylic acids is 1. The molecule has 0 spiro atoms. The minimum absolute atomic E-state index is 0.0795. The van der Waals surface area contributed by atoms with Crippen LogP contribution in [0.1, 0.15) is 34.4 Å². The van der Waals surface area contributed by atoms with Crippen LogP contribution in [0.3, 0.4) is 0 Å². The van der Waals surface area contributed by atoms with Crippen LogP contribution in [0.5, 0.6) is 0 Å². The molecule has 0 aliphatic carbocycles.